The van der Waals surface area contributed by atoms with Crippen molar-refractivity contribution in [3.63, 3.8) is 0 Å². The molecule has 3 heterocycles. The molecule has 0 spiro atoms. The van der Waals surface area contributed by atoms with E-state index in [1.807, 2.05) is 17.7 Å². The number of para-hydroxylation sites is 1. The molecule has 3 aromatic carbocycles. The molecule has 1 aliphatic rings. The highest BCUT2D eigenvalue weighted by Gasteiger charge is 2.23. The van der Waals surface area contributed by atoms with E-state index in [-0.39, 0.29) is 11.4 Å². The van der Waals surface area contributed by atoms with Gasteiger partial charge in [-0.15, -0.1) is 0 Å². The van der Waals surface area contributed by atoms with E-state index in [1.165, 1.54) is 6.07 Å². The molecule has 5 aromatic rings. The Kier molecular flexibility index (Phi) is 5.93. The molecule has 0 amide bonds. The molecule has 0 unspecified atom stereocenters. The molecule has 188 valence electrons. The number of carboxylic acid groups (broad SMARTS) is 1. The van der Waals surface area contributed by atoms with Gasteiger partial charge in [-0.1, -0.05) is 29.8 Å². The van der Waals surface area contributed by atoms with Crippen LogP contribution in [0.15, 0.2) is 54.6 Å². The van der Waals surface area contributed by atoms with Gasteiger partial charge in [-0.05, 0) is 60.4 Å². The minimum absolute atomic E-state index is 0.253. The van der Waals surface area contributed by atoms with Crippen LogP contribution in [0.4, 0.5) is 4.39 Å². The number of hydrogen-bond donors (Lipinski definition) is 1. The summed E-state index contributed by atoms with van der Waals surface area (Å²) >= 11 is 5.90. The van der Waals surface area contributed by atoms with E-state index in [0.29, 0.717) is 36.5 Å². The minimum Gasteiger partial charge on any atom is -0.478 e. The molecular weight excluding hydrogens is 493 g/mol. The van der Waals surface area contributed by atoms with Crippen molar-refractivity contribution in [1.29, 1.82) is 0 Å². The van der Waals surface area contributed by atoms with Crippen molar-refractivity contribution in [3.05, 3.63) is 93.8 Å². The second-order valence-electron chi connectivity index (χ2n) is 9.51. The average molecular weight is 518 g/mol. The number of benzene rings is 3. The molecule has 0 fully saturated rings. The molecule has 0 saturated heterocycles. The van der Waals surface area contributed by atoms with Crippen LogP contribution in [0, 0.1) is 5.82 Å². The Bertz CT molecular complexity index is 1670. The quantitative estimate of drug-likeness (QED) is 0.334. The smallest absolute Gasteiger partial charge is 0.335 e. The van der Waals surface area contributed by atoms with Crippen LogP contribution >= 0.6 is 11.6 Å². The Labute approximate surface area is 217 Å². The second kappa shape index (κ2) is 9.28. The van der Waals surface area contributed by atoms with Crippen molar-refractivity contribution < 1.29 is 14.3 Å². The number of carboxylic acids is 1. The molecule has 9 heteroatoms. The summed E-state index contributed by atoms with van der Waals surface area (Å²) < 4.78 is 18.5. The van der Waals surface area contributed by atoms with Gasteiger partial charge in [-0.2, -0.15) is 0 Å². The Hall–Kier alpha value is -3.75. The Morgan fingerprint density at radius 1 is 1.03 bits per heavy atom. The molecule has 7 nitrogen and oxygen atoms in total. The van der Waals surface area contributed by atoms with Gasteiger partial charge in [0.1, 0.15) is 17.5 Å². The summed E-state index contributed by atoms with van der Waals surface area (Å²) in [6.07, 6.45) is 1.26. The third kappa shape index (κ3) is 4.36. The van der Waals surface area contributed by atoms with Gasteiger partial charge in [0.15, 0.2) is 0 Å². The predicted molar refractivity (Wildman–Crippen MR) is 140 cm³/mol. The van der Waals surface area contributed by atoms with Gasteiger partial charge in [0.25, 0.3) is 0 Å². The lowest BCUT2D eigenvalue weighted by molar-refractivity contribution is 0.0697. The van der Waals surface area contributed by atoms with Crippen molar-refractivity contribution >= 4 is 39.6 Å². The fourth-order valence-electron chi connectivity index (χ4n) is 5.19. The first-order valence-electron chi connectivity index (χ1n) is 12.2. The molecule has 0 radical (unpaired) electrons. The highest BCUT2D eigenvalue weighted by atomic mass is 35.5. The normalized spacial score (nSPS) is 13.9. The standard InChI is InChI=1S/C28H25ClFN5O2/c1-33-24-13-19(28(36)37)8-10-22(24)31-25(33)15-34-11-12-35-23-4-2-3-18(27(23)32-26(35)16-34)6-5-17-7-9-20(29)14-21(17)30/h2-4,7-10,13-14H,5-6,11-12,15-16H2,1H3,(H,36,37). The van der Waals surface area contributed by atoms with E-state index < -0.39 is 5.97 Å². The highest BCUT2D eigenvalue weighted by molar-refractivity contribution is 6.30. The molecule has 6 rings (SSSR count). The van der Waals surface area contributed by atoms with E-state index in [9.17, 15) is 14.3 Å². The van der Waals surface area contributed by atoms with Gasteiger partial charge in [0.2, 0.25) is 0 Å². The zero-order chi connectivity index (χ0) is 25.7. The summed E-state index contributed by atoms with van der Waals surface area (Å²) in [5.74, 6) is 0.656. The lowest BCUT2D eigenvalue weighted by Gasteiger charge is -2.27. The van der Waals surface area contributed by atoms with Gasteiger partial charge < -0.3 is 14.2 Å². The van der Waals surface area contributed by atoms with Gasteiger partial charge in [-0.3, -0.25) is 4.90 Å². The van der Waals surface area contributed by atoms with Crippen LogP contribution in [0.25, 0.3) is 22.1 Å². The second-order valence-corrected chi connectivity index (χ2v) is 9.94. The molecule has 37 heavy (non-hydrogen) atoms. The lowest BCUT2D eigenvalue weighted by atomic mass is 10.0. The van der Waals surface area contributed by atoms with Crippen molar-refractivity contribution in [2.24, 2.45) is 7.05 Å². The Balaban J connectivity index is 1.23. The minimum atomic E-state index is -0.947. The lowest BCUT2D eigenvalue weighted by Crippen LogP contribution is -2.34. The van der Waals surface area contributed by atoms with Crippen LogP contribution in [0.2, 0.25) is 5.02 Å². The molecule has 1 aliphatic heterocycles. The number of nitrogens with zero attached hydrogens (tertiary/aromatic N) is 5. The molecule has 1 N–H and O–H groups in total. The van der Waals surface area contributed by atoms with Crippen LogP contribution in [-0.4, -0.2) is 41.6 Å². The summed E-state index contributed by atoms with van der Waals surface area (Å²) in [6.45, 7) is 2.99. The predicted octanol–water partition coefficient (Wildman–Crippen LogP) is 5.21. The first kappa shape index (κ1) is 23.6. The van der Waals surface area contributed by atoms with E-state index in [0.717, 1.165) is 52.4 Å². The highest BCUT2D eigenvalue weighted by Crippen LogP contribution is 2.27. The summed E-state index contributed by atoms with van der Waals surface area (Å²) in [7, 11) is 1.92. The van der Waals surface area contributed by atoms with Crippen LogP contribution in [-0.2, 0) is 39.5 Å². The number of carbonyl (C=O) groups is 1. The molecular formula is C28H25ClFN5O2. The summed E-state index contributed by atoms with van der Waals surface area (Å²) in [6, 6.07) is 16.0. The number of fused-ring (bicyclic) bond motifs is 4. The monoisotopic (exact) mass is 517 g/mol. The fraction of sp³-hybridized carbons (Fsp3) is 0.250. The zero-order valence-corrected chi connectivity index (χ0v) is 21.0. The number of rotatable bonds is 6. The largest absolute Gasteiger partial charge is 0.478 e. The first-order chi connectivity index (χ1) is 17.9. The van der Waals surface area contributed by atoms with E-state index in [2.05, 4.69) is 21.6 Å². The molecule has 0 atom stereocenters. The maximum atomic E-state index is 14.3. The fourth-order valence-corrected chi connectivity index (χ4v) is 5.35. The number of hydrogen-bond acceptors (Lipinski definition) is 4. The maximum absolute atomic E-state index is 14.3. The zero-order valence-electron chi connectivity index (χ0n) is 20.3. The SMILES string of the molecule is Cn1c(CN2CCn3c(nc4c(CCc5ccc(Cl)cc5F)cccc43)C2)nc2ccc(C(=O)O)cc21. The number of aryl methyl sites for hydroxylation is 3. The average Bonchev–Trinajstić information content (AvgIpc) is 3.40. The van der Waals surface area contributed by atoms with Crippen LogP contribution < -0.4 is 0 Å². The van der Waals surface area contributed by atoms with Gasteiger partial charge in [0, 0.05) is 25.2 Å². The van der Waals surface area contributed by atoms with Crippen LogP contribution in [0.3, 0.4) is 0 Å². The Morgan fingerprint density at radius 2 is 1.86 bits per heavy atom. The van der Waals surface area contributed by atoms with Crippen molar-refractivity contribution in [1.82, 2.24) is 24.0 Å². The third-order valence-electron chi connectivity index (χ3n) is 7.21. The van der Waals surface area contributed by atoms with Gasteiger partial charge in [0.05, 0.1) is 40.7 Å². The number of imidazole rings is 2. The first-order valence-corrected chi connectivity index (χ1v) is 12.6. The summed E-state index contributed by atoms with van der Waals surface area (Å²) in [4.78, 5) is 23.4. The van der Waals surface area contributed by atoms with Crippen molar-refractivity contribution in [3.8, 4) is 0 Å². The molecule has 0 aliphatic carbocycles. The van der Waals surface area contributed by atoms with Crippen molar-refractivity contribution in [2.75, 3.05) is 6.54 Å². The van der Waals surface area contributed by atoms with E-state index in [4.69, 9.17) is 21.6 Å². The van der Waals surface area contributed by atoms with E-state index in [1.54, 1.807) is 30.3 Å². The third-order valence-corrected chi connectivity index (χ3v) is 7.45. The molecule has 0 bridgehead atoms. The summed E-state index contributed by atoms with van der Waals surface area (Å²) in [5.41, 5.74) is 5.67. The number of aromatic carboxylic acids is 1. The van der Waals surface area contributed by atoms with E-state index >= 15 is 0 Å². The number of halogens is 2. The van der Waals surface area contributed by atoms with Crippen LogP contribution in [0.5, 0.6) is 0 Å². The Morgan fingerprint density at radius 3 is 2.68 bits per heavy atom. The molecule has 0 saturated carbocycles. The van der Waals surface area contributed by atoms with Gasteiger partial charge in [-0.25, -0.2) is 19.2 Å². The van der Waals surface area contributed by atoms with Crippen molar-refractivity contribution in [2.45, 2.75) is 32.5 Å². The summed E-state index contributed by atoms with van der Waals surface area (Å²) in [5, 5.41) is 9.72. The number of aromatic nitrogens is 4. The van der Waals surface area contributed by atoms with Gasteiger partial charge >= 0.3 is 5.97 Å². The van der Waals surface area contributed by atoms with Crippen LogP contribution in [0.1, 0.15) is 33.1 Å². The molecule has 2 aromatic heterocycles. The maximum Gasteiger partial charge on any atom is 0.335 e. The topological polar surface area (TPSA) is 76.2 Å².